The Morgan fingerprint density at radius 3 is 2.69 bits per heavy atom. The molecule has 0 aromatic heterocycles. The van der Waals surface area contributed by atoms with Crippen molar-refractivity contribution < 1.29 is 23.9 Å². The Hall–Kier alpha value is -2.09. The lowest BCUT2D eigenvalue weighted by molar-refractivity contribution is -0.151. The van der Waals surface area contributed by atoms with Gasteiger partial charge in [0.05, 0.1) is 24.7 Å². The van der Waals surface area contributed by atoms with Gasteiger partial charge in [-0.1, -0.05) is 36.7 Å². The minimum Gasteiger partial charge on any atom is -0.492 e. The van der Waals surface area contributed by atoms with E-state index in [1.165, 1.54) is 4.90 Å². The van der Waals surface area contributed by atoms with Crippen LogP contribution in [0.5, 0.6) is 5.75 Å². The third kappa shape index (κ3) is 6.45. The van der Waals surface area contributed by atoms with Gasteiger partial charge in [-0.25, -0.2) is 0 Å². The third-order valence-corrected chi connectivity index (χ3v) is 5.10. The number of esters is 1. The second kappa shape index (κ2) is 10.6. The number of carbonyl (C=O) groups is 3. The maximum atomic E-state index is 13.3. The number of ether oxygens (including phenoxy) is 2. The predicted octanol–water partition coefficient (Wildman–Crippen LogP) is 3.16. The Labute approximate surface area is 180 Å². The molecule has 160 valence electrons. The summed E-state index contributed by atoms with van der Waals surface area (Å²) >= 11 is 3.39. The Balaban J connectivity index is 2.25. The van der Waals surface area contributed by atoms with Gasteiger partial charge in [-0.15, -0.1) is 0 Å². The second-order valence-corrected chi connectivity index (χ2v) is 8.48. The van der Waals surface area contributed by atoms with Crippen molar-refractivity contribution in [2.45, 2.75) is 52.7 Å². The number of nitrogens with one attached hydrogen (secondary N) is 1. The summed E-state index contributed by atoms with van der Waals surface area (Å²) in [4.78, 5) is 39.5. The van der Waals surface area contributed by atoms with Crippen molar-refractivity contribution in [3.05, 3.63) is 28.2 Å². The molecular formula is C21H29BrN2O5. The van der Waals surface area contributed by atoms with Crippen LogP contribution in [0.3, 0.4) is 0 Å². The smallest absolute Gasteiger partial charge is 0.308 e. The molecule has 1 heterocycles. The fourth-order valence-electron chi connectivity index (χ4n) is 2.88. The van der Waals surface area contributed by atoms with Gasteiger partial charge >= 0.3 is 5.97 Å². The molecule has 8 heteroatoms. The molecule has 7 nitrogen and oxygen atoms in total. The lowest BCUT2D eigenvalue weighted by Gasteiger charge is -2.35. The van der Waals surface area contributed by atoms with E-state index >= 15 is 0 Å². The molecule has 29 heavy (non-hydrogen) atoms. The first-order valence-corrected chi connectivity index (χ1v) is 10.7. The van der Waals surface area contributed by atoms with Gasteiger partial charge in [-0.2, -0.15) is 0 Å². The van der Waals surface area contributed by atoms with Crippen LogP contribution in [0.25, 0.3) is 0 Å². The van der Waals surface area contributed by atoms with E-state index < -0.39 is 12.0 Å². The fourth-order valence-corrected chi connectivity index (χ4v) is 3.24. The van der Waals surface area contributed by atoms with Gasteiger partial charge in [0, 0.05) is 17.6 Å². The molecule has 2 amide bonds. The summed E-state index contributed by atoms with van der Waals surface area (Å²) in [5.74, 6) is -0.444. The zero-order valence-corrected chi connectivity index (χ0v) is 19.0. The van der Waals surface area contributed by atoms with Crippen molar-refractivity contribution >= 4 is 33.7 Å². The van der Waals surface area contributed by atoms with Crippen LogP contribution in [0.15, 0.2) is 22.7 Å². The van der Waals surface area contributed by atoms with Crippen LogP contribution in [-0.4, -0.2) is 54.5 Å². The molecule has 0 aliphatic carbocycles. The number of hydrogen-bond acceptors (Lipinski definition) is 5. The normalized spacial score (nSPS) is 17.7. The van der Waals surface area contributed by atoms with Gasteiger partial charge in [0.25, 0.3) is 5.91 Å². The zero-order valence-electron chi connectivity index (χ0n) is 17.4. The number of nitrogens with zero attached hydrogens (tertiary/aromatic N) is 1. The fraction of sp³-hybridized carbons (Fsp3) is 0.571. The number of benzene rings is 1. The van der Waals surface area contributed by atoms with E-state index in [2.05, 4.69) is 21.2 Å². The lowest BCUT2D eigenvalue weighted by atomic mass is 10.1. The molecule has 0 spiro atoms. The summed E-state index contributed by atoms with van der Waals surface area (Å²) in [5.41, 5.74) is 0.356. The van der Waals surface area contributed by atoms with E-state index in [1.54, 1.807) is 25.1 Å². The summed E-state index contributed by atoms with van der Waals surface area (Å²) in [6.07, 6.45) is 0.261. The number of amides is 2. The van der Waals surface area contributed by atoms with E-state index in [0.29, 0.717) is 43.3 Å². The standard InChI is InChI=1S/C21H29BrN2O5/c1-5-14(4)29-19(25)11-17-20(26)23-8-9-24(17)21(27)16-10-15(22)6-7-18(16)28-12-13(2)3/h6-7,10,13-14,17H,5,8-9,11-12H2,1-4H3,(H,23,26). The average Bonchev–Trinajstić information content (AvgIpc) is 2.67. The van der Waals surface area contributed by atoms with Gasteiger partial charge in [0.1, 0.15) is 11.8 Å². The van der Waals surface area contributed by atoms with E-state index in [1.807, 2.05) is 20.8 Å². The Kier molecular flexibility index (Phi) is 8.49. The van der Waals surface area contributed by atoms with Crippen molar-refractivity contribution in [1.29, 1.82) is 0 Å². The van der Waals surface area contributed by atoms with E-state index in [9.17, 15) is 14.4 Å². The van der Waals surface area contributed by atoms with Crippen LogP contribution in [0, 0.1) is 5.92 Å². The van der Waals surface area contributed by atoms with Crippen molar-refractivity contribution in [2.75, 3.05) is 19.7 Å². The molecule has 1 fully saturated rings. The van der Waals surface area contributed by atoms with Crippen LogP contribution >= 0.6 is 15.9 Å². The largest absolute Gasteiger partial charge is 0.492 e. The highest BCUT2D eigenvalue weighted by atomic mass is 79.9. The SMILES string of the molecule is CCC(C)OC(=O)CC1C(=O)NCCN1C(=O)c1cc(Br)ccc1OCC(C)C. The maximum Gasteiger partial charge on any atom is 0.308 e. The highest BCUT2D eigenvalue weighted by molar-refractivity contribution is 9.10. The molecule has 2 rings (SSSR count). The first kappa shape index (κ1) is 23.2. The van der Waals surface area contributed by atoms with E-state index in [4.69, 9.17) is 9.47 Å². The molecule has 1 aromatic rings. The minimum absolute atomic E-state index is 0.182. The first-order chi connectivity index (χ1) is 13.7. The Bertz CT molecular complexity index is 753. The van der Waals surface area contributed by atoms with Crippen LogP contribution in [0.2, 0.25) is 0 Å². The summed E-state index contributed by atoms with van der Waals surface area (Å²) in [7, 11) is 0. The van der Waals surface area contributed by atoms with Crippen LogP contribution in [-0.2, 0) is 14.3 Å². The highest BCUT2D eigenvalue weighted by Gasteiger charge is 2.36. The molecule has 1 saturated heterocycles. The molecule has 1 aromatic carbocycles. The van der Waals surface area contributed by atoms with E-state index in [-0.39, 0.29) is 24.3 Å². The number of halogens is 1. The summed E-state index contributed by atoms with van der Waals surface area (Å²) < 4.78 is 11.8. The number of hydrogen-bond donors (Lipinski definition) is 1. The maximum absolute atomic E-state index is 13.3. The van der Waals surface area contributed by atoms with Crippen LogP contribution < -0.4 is 10.1 Å². The summed E-state index contributed by atoms with van der Waals surface area (Å²) in [5, 5.41) is 2.73. The average molecular weight is 469 g/mol. The zero-order chi connectivity index (χ0) is 21.6. The number of piperazine rings is 1. The topological polar surface area (TPSA) is 84.9 Å². The number of carbonyl (C=O) groups excluding carboxylic acids is 3. The van der Waals surface area contributed by atoms with Crippen molar-refractivity contribution in [3.8, 4) is 5.75 Å². The molecule has 2 atom stereocenters. The number of rotatable bonds is 8. The minimum atomic E-state index is -0.912. The molecule has 0 saturated carbocycles. The molecule has 2 unspecified atom stereocenters. The summed E-state index contributed by atoms with van der Waals surface area (Å²) in [6.45, 7) is 8.85. The predicted molar refractivity (Wildman–Crippen MR) is 113 cm³/mol. The highest BCUT2D eigenvalue weighted by Crippen LogP contribution is 2.27. The van der Waals surface area contributed by atoms with Gasteiger partial charge in [0.2, 0.25) is 5.91 Å². The molecule has 1 aliphatic rings. The Morgan fingerprint density at radius 1 is 1.31 bits per heavy atom. The second-order valence-electron chi connectivity index (χ2n) is 7.56. The van der Waals surface area contributed by atoms with Gasteiger partial charge in [-0.05, 0) is 37.5 Å². The quantitative estimate of drug-likeness (QED) is 0.592. The monoisotopic (exact) mass is 468 g/mol. The molecule has 1 aliphatic heterocycles. The Morgan fingerprint density at radius 2 is 2.03 bits per heavy atom. The molecular weight excluding hydrogens is 440 g/mol. The van der Waals surface area contributed by atoms with Crippen molar-refractivity contribution in [2.24, 2.45) is 5.92 Å². The summed E-state index contributed by atoms with van der Waals surface area (Å²) in [6, 6.07) is 4.30. The van der Waals surface area contributed by atoms with Crippen molar-refractivity contribution in [3.63, 3.8) is 0 Å². The van der Waals surface area contributed by atoms with Gasteiger partial charge in [-0.3, -0.25) is 14.4 Å². The molecule has 1 N–H and O–H groups in total. The van der Waals surface area contributed by atoms with Gasteiger partial charge < -0.3 is 19.7 Å². The lowest BCUT2D eigenvalue weighted by Crippen LogP contribution is -2.58. The molecule has 0 bridgehead atoms. The van der Waals surface area contributed by atoms with Crippen LogP contribution in [0.1, 0.15) is 50.9 Å². The first-order valence-electron chi connectivity index (χ1n) is 9.93. The van der Waals surface area contributed by atoms with Crippen molar-refractivity contribution in [1.82, 2.24) is 10.2 Å². The third-order valence-electron chi connectivity index (χ3n) is 4.60. The van der Waals surface area contributed by atoms with Gasteiger partial charge in [0.15, 0.2) is 0 Å². The van der Waals surface area contributed by atoms with Crippen LogP contribution in [0.4, 0.5) is 0 Å². The van der Waals surface area contributed by atoms with E-state index in [0.717, 1.165) is 4.47 Å². The molecule has 0 radical (unpaired) electrons.